The van der Waals surface area contributed by atoms with Gasteiger partial charge in [0.15, 0.2) is 0 Å². The molecule has 1 heteroatoms. The fourth-order valence-corrected chi connectivity index (χ4v) is 3.58. The van der Waals surface area contributed by atoms with Crippen molar-refractivity contribution in [2.45, 2.75) is 46.5 Å². The van der Waals surface area contributed by atoms with E-state index in [2.05, 4.69) is 32.7 Å². The van der Waals surface area contributed by atoms with Gasteiger partial charge in [-0.1, -0.05) is 27.2 Å². The first kappa shape index (κ1) is 10.5. The van der Waals surface area contributed by atoms with Crippen LogP contribution in [-0.4, -0.2) is 25.0 Å². The SMILES string of the molecule is CN1CC2(CCCC(C(C)(C)C)C2)C1. The van der Waals surface area contributed by atoms with E-state index in [-0.39, 0.29) is 0 Å². The second-order valence-electron chi connectivity index (χ2n) is 6.83. The van der Waals surface area contributed by atoms with Gasteiger partial charge >= 0.3 is 0 Å². The van der Waals surface area contributed by atoms with Gasteiger partial charge in [-0.3, -0.25) is 0 Å². The highest BCUT2D eigenvalue weighted by atomic mass is 15.2. The molecule has 0 N–H and O–H groups in total. The molecule has 2 rings (SSSR count). The summed E-state index contributed by atoms with van der Waals surface area (Å²) in [7, 11) is 2.26. The van der Waals surface area contributed by atoms with Crippen LogP contribution < -0.4 is 0 Å². The van der Waals surface area contributed by atoms with E-state index in [1.807, 2.05) is 0 Å². The van der Waals surface area contributed by atoms with E-state index < -0.39 is 0 Å². The van der Waals surface area contributed by atoms with Crippen molar-refractivity contribution in [3.63, 3.8) is 0 Å². The number of hydrogen-bond donors (Lipinski definition) is 0. The van der Waals surface area contributed by atoms with Gasteiger partial charge in [-0.2, -0.15) is 0 Å². The van der Waals surface area contributed by atoms with Crippen molar-refractivity contribution in [2.24, 2.45) is 16.7 Å². The van der Waals surface area contributed by atoms with Crippen molar-refractivity contribution in [1.29, 1.82) is 0 Å². The summed E-state index contributed by atoms with van der Waals surface area (Å²) in [5.41, 5.74) is 1.26. The second kappa shape index (κ2) is 3.23. The summed E-state index contributed by atoms with van der Waals surface area (Å²) in [4.78, 5) is 2.48. The number of hydrogen-bond acceptors (Lipinski definition) is 1. The molecular formula is C13H25N. The van der Waals surface area contributed by atoms with Crippen LogP contribution in [0.25, 0.3) is 0 Å². The highest BCUT2D eigenvalue weighted by Gasteiger charge is 2.46. The third kappa shape index (κ3) is 1.84. The van der Waals surface area contributed by atoms with E-state index in [1.54, 1.807) is 0 Å². The Morgan fingerprint density at radius 1 is 1.21 bits per heavy atom. The predicted octanol–water partition coefficient (Wildman–Crippen LogP) is 3.15. The maximum absolute atomic E-state index is 2.48. The van der Waals surface area contributed by atoms with Crippen molar-refractivity contribution in [2.75, 3.05) is 20.1 Å². The van der Waals surface area contributed by atoms with Crippen molar-refractivity contribution in [1.82, 2.24) is 4.90 Å². The molecule has 1 spiro atoms. The maximum atomic E-state index is 2.48. The third-order valence-electron chi connectivity index (χ3n) is 4.37. The van der Waals surface area contributed by atoms with Gasteiger partial charge in [-0.25, -0.2) is 0 Å². The summed E-state index contributed by atoms with van der Waals surface area (Å²) in [5.74, 6) is 0.963. The van der Waals surface area contributed by atoms with E-state index in [4.69, 9.17) is 0 Å². The maximum Gasteiger partial charge on any atom is 0.00475 e. The quantitative estimate of drug-likeness (QED) is 0.574. The molecule has 1 aliphatic carbocycles. The van der Waals surface area contributed by atoms with Crippen molar-refractivity contribution >= 4 is 0 Å². The summed E-state index contributed by atoms with van der Waals surface area (Å²) in [5, 5.41) is 0. The average Bonchev–Trinajstić information content (AvgIpc) is 2.00. The Hall–Kier alpha value is -0.0400. The van der Waals surface area contributed by atoms with E-state index in [9.17, 15) is 0 Å². The van der Waals surface area contributed by atoms with Gasteiger partial charge < -0.3 is 4.90 Å². The van der Waals surface area contributed by atoms with Gasteiger partial charge in [0.05, 0.1) is 0 Å². The lowest BCUT2D eigenvalue weighted by Crippen LogP contribution is -2.56. The van der Waals surface area contributed by atoms with Crippen LogP contribution in [0, 0.1) is 16.7 Å². The van der Waals surface area contributed by atoms with Gasteiger partial charge in [0.2, 0.25) is 0 Å². The lowest BCUT2D eigenvalue weighted by atomic mass is 9.60. The molecule has 0 bridgehead atoms. The molecule has 2 aliphatic rings. The Kier molecular flexibility index (Phi) is 2.42. The molecule has 0 aromatic heterocycles. The monoisotopic (exact) mass is 195 g/mol. The Morgan fingerprint density at radius 3 is 2.36 bits per heavy atom. The molecule has 82 valence electrons. The average molecular weight is 195 g/mol. The normalized spacial score (nSPS) is 33.0. The minimum Gasteiger partial charge on any atom is -0.305 e. The predicted molar refractivity (Wildman–Crippen MR) is 61.3 cm³/mol. The topological polar surface area (TPSA) is 3.24 Å². The minimum absolute atomic E-state index is 0.529. The molecule has 1 aliphatic heterocycles. The first-order valence-corrected chi connectivity index (χ1v) is 6.10. The van der Waals surface area contributed by atoms with E-state index in [0.717, 1.165) is 11.3 Å². The summed E-state index contributed by atoms with van der Waals surface area (Å²) >= 11 is 0. The molecule has 0 amide bonds. The van der Waals surface area contributed by atoms with Crippen molar-refractivity contribution < 1.29 is 0 Å². The van der Waals surface area contributed by atoms with E-state index in [0.29, 0.717) is 5.41 Å². The fourth-order valence-electron chi connectivity index (χ4n) is 3.58. The molecule has 0 aromatic carbocycles. The van der Waals surface area contributed by atoms with E-state index >= 15 is 0 Å². The van der Waals surface area contributed by atoms with Gasteiger partial charge in [0.1, 0.15) is 0 Å². The first-order valence-electron chi connectivity index (χ1n) is 6.10. The molecule has 0 radical (unpaired) electrons. The largest absolute Gasteiger partial charge is 0.305 e. The zero-order valence-electron chi connectivity index (χ0n) is 10.3. The van der Waals surface area contributed by atoms with Crippen LogP contribution in [0.4, 0.5) is 0 Å². The summed E-state index contributed by atoms with van der Waals surface area (Å²) in [6.07, 6.45) is 5.91. The fraction of sp³-hybridized carbons (Fsp3) is 1.00. The highest BCUT2D eigenvalue weighted by Crippen LogP contribution is 2.50. The smallest absolute Gasteiger partial charge is 0.00475 e. The Bertz CT molecular complexity index is 202. The highest BCUT2D eigenvalue weighted by molar-refractivity contribution is 4.98. The molecule has 1 atom stereocenters. The molecule has 1 nitrogen and oxygen atoms in total. The summed E-state index contributed by atoms with van der Waals surface area (Å²) in [6, 6.07) is 0. The van der Waals surface area contributed by atoms with Gasteiger partial charge in [0, 0.05) is 13.1 Å². The molecule has 0 aromatic rings. The molecular weight excluding hydrogens is 170 g/mol. The van der Waals surface area contributed by atoms with Gasteiger partial charge in [-0.15, -0.1) is 0 Å². The van der Waals surface area contributed by atoms with Crippen LogP contribution in [0.2, 0.25) is 0 Å². The number of nitrogens with zero attached hydrogens (tertiary/aromatic N) is 1. The zero-order valence-corrected chi connectivity index (χ0v) is 10.3. The first-order chi connectivity index (χ1) is 6.41. The summed E-state index contributed by atoms with van der Waals surface area (Å²) < 4.78 is 0. The number of rotatable bonds is 0. The van der Waals surface area contributed by atoms with Crippen LogP contribution in [0.3, 0.4) is 0 Å². The Morgan fingerprint density at radius 2 is 1.86 bits per heavy atom. The minimum atomic E-state index is 0.529. The molecule has 1 unspecified atom stereocenters. The van der Waals surface area contributed by atoms with Crippen molar-refractivity contribution in [3.05, 3.63) is 0 Å². The molecule has 1 heterocycles. The third-order valence-corrected chi connectivity index (χ3v) is 4.37. The summed E-state index contributed by atoms with van der Waals surface area (Å²) in [6.45, 7) is 9.97. The molecule has 2 fully saturated rings. The second-order valence-corrected chi connectivity index (χ2v) is 6.83. The molecule has 1 saturated heterocycles. The lowest BCUT2D eigenvalue weighted by Gasteiger charge is -2.54. The Balaban J connectivity index is 1.98. The molecule has 14 heavy (non-hydrogen) atoms. The number of likely N-dealkylation sites (tertiary alicyclic amines) is 1. The van der Waals surface area contributed by atoms with Crippen LogP contribution in [0.5, 0.6) is 0 Å². The zero-order chi connectivity index (χ0) is 10.4. The van der Waals surface area contributed by atoms with Crippen LogP contribution >= 0.6 is 0 Å². The van der Waals surface area contributed by atoms with Crippen LogP contribution in [0.15, 0.2) is 0 Å². The molecule has 1 saturated carbocycles. The van der Waals surface area contributed by atoms with Crippen LogP contribution in [-0.2, 0) is 0 Å². The van der Waals surface area contributed by atoms with Crippen LogP contribution in [0.1, 0.15) is 46.5 Å². The van der Waals surface area contributed by atoms with Crippen molar-refractivity contribution in [3.8, 4) is 0 Å². The van der Waals surface area contributed by atoms with Gasteiger partial charge in [-0.05, 0) is 43.1 Å². The standard InChI is InChI=1S/C13H25N/c1-12(2,3)11-6-5-7-13(8-11)9-14(4)10-13/h11H,5-10H2,1-4H3. The lowest BCUT2D eigenvalue weighted by molar-refractivity contribution is -0.0467. The Labute approximate surface area is 88.9 Å². The van der Waals surface area contributed by atoms with E-state index in [1.165, 1.54) is 38.8 Å². The van der Waals surface area contributed by atoms with Gasteiger partial charge in [0.25, 0.3) is 0 Å².